The maximum Gasteiger partial charge on any atom is 0.122 e. The Morgan fingerprint density at radius 1 is 1.19 bits per heavy atom. The normalized spacial score (nSPS) is 17.7. The maximum atomic E-state index is 9.99. The Morgan fingerprint density at radius 2 is 1.90 bits per heavy atom. The van der Waals surface area contributed by atoms with Crippen LogP contribution >= 0.6 is 0 Å². The monoisotopic (exact) mass is 294 g/mol. The van der Waals surface area contributed by atoms with Crippen LogP contribution in [0.25, 0.3) is 0 Å². The molecule has 0 aliphatic carbocycles. The Hall–Kier alpha value is -1.10. The molecule has 1 fully saturated rings. The number of aliphatic hydroxyl groups is 1. The molecule has 1 unspecified atom stereocenters. The quantitative estimate of drug-likeness (QED) is 0.876. The molecular weight excluding hydrogens is 268 g/mol. The van der Waals surface area contributed by atoms with E-state index >= 15 is 0 Å². The van der Waals surface area contributed by atoms with Crippen LogP contribution in [-0.4, -0.2) is 43.7 Å². The molecule has 4 nitrogen and oxygen atoms in total. The van der Waals surface area contributed by atoms with Gasteiger partial charge in [0.2, 0.25) is 0 Å². The Kier molecular flexibility index (Phi) is 6.03. The summed E-state index contributed by atoms with van der Waals surface area (Å²) >= 11 is 0. The van der Waals surface area contributed by atoms with Crippen molar-refractivity contribution in [3.8, 4) is 5.75 Å². The van der Waals surface area contributed by atoms with Crippen molar-refractivity contribution in [3.05, 3.63) is 28.8 Å². The molecular formula is C17H26O4. The van der Waals surface area contributed by atoms with Gasteiger partial charge in [-0.2, -0.15) is 0 Å². The second-order valence-electron chi connectivity index (χ2n) is 5.81. The lowest BCUT2D eigenvalue weighted by Gasteiger charge is -2.24. The number of aliphatic hydroxyl groups excluding tert-OH is 1. The van der Waals surface area contributed by atoms with E-state index < -0.39 is 6.10 Å². The first-order valence-corrected chi connectivity index (χ1v) is 7.64. The minimum Gasteiger partial charge on any atom is -0.491 e. The summed E-state index contributed by atoms with van der Waals surface area (Å²) in [5.41, 5.74) is 3.50. The number of rotatable bonds is 6. The first-order chi connectivity index (χ1) is 10.1. The van der Waals surface area contributed by atoms with E-state index in [0.29, 0.717) is 6.61 Å². The van der Waals surface area contributed by atoms with Crippen molar-refractivity contribution in [1.82, 2.24) is 0 Å². The summed E-state index contributed by atoms with van der Waals surface area (Å²) in [7, 11) is 0. The molecule has 1 aromatic rings. The average molecular weight is 294 g/mol. The molecule has 1 atom stereocenters. The highest BCUT2D eigenvalue weighted by atomic mass is 16.5. The molecule has 0 saturated carbocycles. The van der Waals surface area contributed by atoms with Crippen molar-refractivity contribution in [3.63, 3.8) is 0 Å². The third-order valence-corrected chi connectivity index (χ3v) is 3.89. The lowest BCUT2D eigenvalue weighted by molar-refractivity contribution is -0.0659. The first kappa shape index (κ1) is 16.3. The summed E-state index contributed by atoms with van der Waals surface area (Å²) in [6, 6.07) is 4.14. The van der Waals surface area contributed by atoms with Gasteiger partial charge in [-0.25, -0.2) is 0 Å². The zero-order valence-electron chi connectivity index (χ0n) is 13.2. The van der Waals surface area contributed by atoms with Crippen molar-refractivity contribution >= 4 is 0 Å². The predicted molar refractivity (Wildman–Crippen MR) is 81.9 cm³/mol. The Bertz CT molecular complexity index is 452. The van der Waals surface area contributed by atoms with E-state index in [2.05, 4.69) is 13.0 Å². The number of aryl methyl sites for hydroxylation is 2. The second kappa shape index (κ2) is 7.78. The Labute approximate surface area is 127 Å². The van der Waals surface area contributed by atoms with E-state index in [1.54, 1.807) is 0 Å². The van der Waals surface area contributed by atoms with Crippen molar-refractivity contribution in [2.24, 2.45) is 0 Å². The molecule has 0 amide bonds. The summed E-state index contributed by atoms with van der Waals surface area (Å²) in [6.45, 7) is 8.22. The Balaban J connectivity index is 1.77. The number of ether oxygens (including phenoxy) is 3. The van der Waals surface area contributed by atoms with E-state index in [4.69, 9.17) is 14.2 Å². The van der Waals surface area contributed by atoms with Crippen LogP contribution in [0.4, 0.5) is 0 Å². The molecule has 1 aliphatic heterocycles. The fourth-order valence-electron chi connectivity index (χ4n) is 2.47. The van der Waals surface area contributed by atoms with Gasteiger partial charge in [-0.15, -0.1) is 0 Å². The van der Waals surface area contributed by atoms with Crippen LogP contribution in [0.2, 0.25) is 0 Å². The number of benzene rings is 1. The van der Waals surface area contributed by atoms with Crippen LogP contribution in [-0.2, 0) is 9.47 Å². The average Bonchev–Trinajstić information content (AvgIpc) is 2.48. The zero-order chi connectivity index (χ0) is 15.2. The van der Waals surface area contributed by atoms with E-state index in [1.165, 1.54) is 11.1 Å². The van der Waals surface area contributed by atoms with Crippen LogP contribution in [0.5, 0.6) is 5.75 Å². The molecule has 0 aromatic heterocycles. The standard InChI is InChI=1S/C17H26O4/c1-12-8-13(2)14(3)17(9-12)21-11-15(18)10-20-16-4-6-19-7-5-16/h8-9,15-16,18H,4-7,10-11H2,1-3H3. The van der Waals surface area contributed by atoms with Gasteiger partial charge in [-0.3, -0.25) is 0 Å². The minimum atomic E-state index is -0.604. The maximum absolute atomic E-state index is 9.99. The van der Waals surface area contributed by atoms with Gasteiger partial charge >= 0.3 is 0 Å². The van der Waals surface area contributed by atoms with E-state index in [1.807, 2.05) is 19.9 Å². The van der Waals surface area contributed by atoms with E-state index in [0.717, 1.165) is 37.4 Å². The van der Waals surface area contributed by atoms with Crippen LogP contribution in [0.1, 0.15) is 29.5 Å². The molecule has 0 bridgehead atoms. The first-order valence-electron chi connectivity index (χ1n) is 7.64. The van der Waals surface area contributed by atoms with E-state index in [-0.39, 0.29) is 12.7 Å². The van der Waals surface area contributed by atoms with Gasteiger partial charge in [0, 0.05) is 13.2 Å². The minimum absolute atomic E-state index is 0.205. The van der Waals surface area contributed by atoms with Gasteiger partial charge in [-0.05, 0) is 56.4 Å². The Morgan fingerprint density at radius 3 is 2.62 bits per heavy atom. The number of hydrogen-bond donors (Lipinski definition) is 1. The zero-order valence-corrected chi connectivity index (χ0v) is 13.2. The molecule has 21 heavy (non-hydrogen) atoms. The fourth-order valence-corrected chi connectivity index (χ4v) is 2.47. The largest absolute Gasteiger partial charge is 0.491 e. The lowest BCUT2D eigenvalue weighted by atomic mass is 10.1. The van der Waals surface area contributed by atoms with Crippen molar-refractivity contribution < 1.29 is 19.3 Å². The highest BCUT2D eigenvalue weighted by Crippen LogP contribution is 2.23. The van der Waals surface area contributed by atoms with Crippen LogP contribution in [0, 0.1) is 20.8 Å². The van der Waals surface area contributed by atoms with E-state index in [9.17, 15) is 5.11 Å². The van der Waals surface area contributed by atoms with Gasteiger partial charge < -0.3 is 19.3 Å². The molecule has 1 N–H and O–H groups in total. The summed E-state index contributed by atoms with van der Waals surface area (Å²) < 4.78 is 16.7. The molecule has 118 valence electrons. The molecule has 1 saturated heterocycles. The van der Waals surface area contributed by atoms with Gasteiger partial charge in [0.05, 0.1) is 12.7 Å². The predicted octanol–water partition coefficient (Wildman–Crippen LogP) is 2.55. The summed E-state index contributed by atoms with van der Waals surface area (Å²) in [5.74, 6) is 0.845. The number of hydrogen-bond acceptors (Lipinski definition) is 4. The van der Waals surface area contributed by atoms with Crippen molar-refractivity contribution in [1.29, 1.82) is 0 Å². The van der Waals surface area contributed by atoms with Gasteiger partial charge in [0.25, 0.3) is 0 Å². The topological polar surface area (TPSA) is 47.9 Å². The smallest absolute Gasteiger partial charge is 0.122 e. The molecule has 2 rings (SSSR count). The lowest BCUT2D eigenvalue weighted by Crippen LogP contribution is -2.30. The van der Waals surface area contributed by atoms with Crippen LogP contribution < -0.4 is 4.74 Å². The van der Waals surface area contributed by atoms with Crippen molar-refractivity contribution in [2.75, 3.05) is 26.4 Å². The molecule has 4 heteroatoms. The summed E-state index contributed by atoms with van der Waals surface area (Å²) in [6.07, 6.45) is 1.41. The molecule has 1 heterocycles. The highest BCUT2D eigenvalue weighted by molar-refractivity contribution is 5.41. The third-order valence-electron chi connectivity index (χ3n) is 3.89. The molecule has 0 radical (unpaired) electrons. The second-order valence-corrected chi connectivity index (χ2v) is 5.81. The molecule has 0 spiro atoms. The summed E-state index contributed by atoms with van der Waals surface area (Å²) in [4.78, 5) is 0. The van der Waals surface area contributed by atoms with Crippen LogP contribution in [0.3, 0.4) is 0 Å². The highest BCUT2D eigenvalue weighted by Gasteiger charge is 2.16. The SMILES string of the molecule is Cc1cc(C)c(C)c(OCC(O)COC2CCOCC2)c1. The molecule has 1 aliphatic rings. The van der Waals surface area contributed by atoms with Gasteiger partial charge in [0.1, 0.15) is 18.5 Å². The van der Waals surface area contributed by atoms with Crippen LogP contribution in [0.15, 0.2) is 12.1 Å². The summed E-state index contributed by atoms with van der Waals surface area (Å²) in [5, 5.41) is 9.99. The van der Waals surface area contributed by atoms with Gasteiger partial charge in [-0.1, -0.05) is 6.07 Å². The van der Waals surface area contributed by atoms with Gasteiger partial charge in [0.15, 0.2) is 0 Å². The molecule has 1 aromatic carbocycles. The van der Waals surface area contributed by atoms with Crippen molar-refractivity contribution in [2.45, 2.75) is 45.8 Å². The fraction of sp³-hybridized carbons (Fsp3) is 0.647. The third kappa shape index (κ3) is 4.99.